The van der Waals surface area contributed by atoms with E-state index in [1.54, 1.807) is 6.07 Å². The Morgan fingerprint density at radius 1 is 1.11 bits per heavy atom. The Kier molecular flexibility index (Phi) is 5.98. The third-order valence-electron chi connectivity index (χ3n) is 4.09. The highest BCUT2D eigenvalue weighted by Gasteiger charge is 2.23. The van der Waals surface area contributed by atoms with Crippen molar-refractivity contribution in [2.45, 2.75) is 12.6 Å². The van der Waals surface area contributed by atoms with Crippen LogP contribution in [0.3, 0.4) is 0 Å². The molecule has 144 valence electrons. The summed E-state index contributed by atoms with van der Waals surface area (Å²) in [5, 5.41) is 2.72. The summed E-state index contributed by atoms with van der Waals surface area (Å²) >= 11 is 0. The summed E-state index contributed by atoms with van der Waals surface area (Å²) in [7, 11) is -3.52. The number of benzene rings is 2. The van der Waals surface area contributed by atoms with Gasteiger partial charge in [0.05, 0.1) is 19.3 Å². The Morgan fingerprint density at radius 3 is 2.48 bits per heavy atom. The molecule has 3 rings (SSSR count). The fraction of sp³-hybridized carbons (Fsp3) is 0.316. The lowest BCUT2D eigenvalue weighted by atomic mass is 10.2. The van der Waals surface area contributed by atoms with Crippen LogP contribution < -0.4 is 14.8 Å². The van der Waals surface area contributed by atoms with Gasteiger partial charge in [-0.3, -0.25) is 4.79 Å². The maximum atomic E-state index is 12.3. The molecule has 1 atom stereocenters. The first kappa shape index (κ1) is 19.2. The third kappa shape index (κ3) is 5.45. The lowest BCUT2D eigenvalue weighted by molar-refractivity contribution is -0.121. The van der Waals surface area contributed by atoms with Gasteiger partial charge in [-0.1, -0.05) is 42.5 Å². The maximum absolute atomic E-state index is 12.3. The van der Waals surface area contributed by atoms with Crippen molar-refractivity contribution in [3.63, 3.8) is 0 Å². The zero-order valence-corrected chi connectivity index (χ0v) is 15.8. The number of hydrogen-bond acceptors (Lipinski definition) is 5. The minimum atomic E-state index is -3.52. The Morgan fingerprint density at radius 2 is 1.78 bits per heavy atom. The molecule has 1 amide bonds. The standard InChI is InChI=1S/C19H22N2O5S/c1-27(23,24)21(12-15-7-3-2-4-8-15)13-19(22)20-11-16-14-25-17-9-5-6-10-18(17)26-16/h2-10,16H,11-14H2,1H3,(H,20,22)/t16-/m0/s1. The van der Waals surface area contributed by atoms with Crippen molar-refractivity contribution >= 4 is 15.9 Å². The Hall–Kier alpha value is -2.58. The van der Waals surface area contributed by atoms with Gasteiger partial charge in [0.15, 0.2) is 11.5 Å². The molecular weight excluding hydrogens is 368 g/mol. The van der Waals surface area contributed by atoms with Crippen molar-refractivity contribution in [3.8, 4) is 11.5 Å². The predicted octanol–water partition coefficient (Wildman–Crippen LogP) is 1.40. The van der Waals surface area contributed by atoms with Crippen molar-refractivity contribution in [2.24, 2.45) is 0 Å². The topological polar surface area (TPSA) is 84.9 Å². The molecule has 0 radical (unpaired) electrons. The van der Waals surface area contributed by atoms with E-state index in [0.29, 0.717) is 18.1 Å². The van der Waals surface area contributed by atoms with E-state index in [1.807, 2.05) is 48.5 Å². The highest BCUT2D eigenvalue weighted by atomic mass is 32.2. The molecule has 1 N–H and O–H groups in total. The first-order valence-electron chi connectivity index (χ1n) is 8.56. The van der Waals surface area contributed by atoms with Crippen LogP contribution in [0, 0.1) is 0 Å². The fourth-order valence-electron chi connectivity index (χ4n) is 2.68. The number of hydrogen-bond donors (Lipinski definition) is 1. The molecule has 0 aromatic heterocycles. The second-order valence-corrected chi connectivity index (χ2v) is 8.30. The van der Waals surface area contributed by atoms with Gasteiger partial charge in [-0.25, -0.2) is 8.42 Å². The molecule has 0 aliphatic carbocycles. The minimum Gasteiger partial charge on any atom is -0.486 e. The van der Waals surface area contributed by atoms with Crippen molar-refractivity contribution in [1.29, 1.82) is 0 Å². The zero-order valence-electron chi connectivity index (χ0n) is 15.0. The van der Waals surface area contributed by atoms with Crippen molar-refractivity contribution < 1.29 is 22.7 Å². The molecule has 0 fully saturated rings. The van der Waals surface area contributed by atoms with Crippen LogP contribution in [0.1, 0.15) is 5.56 Å². The molecule has 7 nitrogen and oxygen atoms in total. The van der Waals surface area contributed by atoms with Crippen LogP contribution in [-0.2, 0) is 21.4 Å². The summed E-state index contributed by atoms with van der Waals surface area (Å²) < 4.78 is 36.6. The average Bonchev–Trinajstić information content (AvgIpc) is 2.66. The largest absolute Gasteiger partial charge is 0.486 e. The number of amides is 1. The summed E-state index contributed by atoms with van der Waals surface area (Å²) in [6, 6.07) is 16.5. The SMILES string of the molecule is CS(=O)(=O)N(CC(=O)NC[C@H]1COc2ccccc2O1)Cc1ccccc1. The normalized spacial score (nSPS) is 16.1. The van der Waals surface area contributed by atoms with Gasteiger partial charge in [0.1, 0.15) is 12.7 Å². The molecule has 0 saturated carbocycles. The van der Waals surface area contributed by atoms with E-state index in [-0.39, 0.29) is 31.6 Å². The Labute approximate surface area is 158 Å². The third-order valence-corrected chi connectivity index (χ3v) is 5.28. The van der Waals surface area contributed by atoms with Crippen molar-refractivity contribution in [1.82, 2.24) is 9.62 Å². The molecule has 1 aliphatic rings. The van der Waals surface area contributed by atoms with E-state index in [2.05, 4.69) is 5.32 Å². The molecule has 0 saturated heterocycles. The molecule has 0 spiro atoms. The number of ether oxygens (including phenoxy) is 2. The predicted molar refractivity (Wildman–Crippen MR) is 101 cm³/mol. The van der Waals surface area contributed by atoms with Gasteiger partial charge in [0, 0.05) is 6.54 Å². The van der Waals surface area contributed by atoms with Crippen LogP contribution in [-0.4, -0.2) is 50.7 Å². The molecule has 2 aromatic carbocycles. The first-order chi connectivity index (χ1) is 12.9. The molecule has 0 unspecified atom stereocenters. The quantitative estimate of drug-likeness (QED) is 0.773. The van der Waals surface area contributed by atoms with E-state index in [4.69, 9.17) is 9.47 Å². The second-order valence-electron chi connectivity index (χ2n) is 6.32. The number of carbonyl (C=O) groups is 1. The number of carbonyl (C=O) groups excluding carboxylic acids is 1. The summed E-state index contributed by atoms with van der Waals surface area (Å²) in [5.41, 5.74) is 0.816. The van der Waals surface area contributed by atoms with Crippen molar-refractivity contribution in [2.75, 3.05) is 26.0 Å². The van der Waals surface area contributed by atoms with Gasteiger partial charge in [0.25, 0.3) is 0 Å². The number of sulfonamides is 1. The summed E-state index contributed by atoms with van der Waals surface area (Å²) in [5.74, 6) is 0.912. The number of para-hydroxylation sites is 2. The molecule has 1 aliphatic heterocycles. The Bertz CT molecular complexity index is 886. The summed E-state index contributed by atoms with van der Waals surface area (Å²) in [6.07, 6.45) is 0.766. The second kappa shape index (κ2) is 8.41. The molecule has 0 bridgehead atoms. The van der Waals surface area contributed by atoms with Gasteiger partial charge in [-0.15, -0.1) is 0 Å². The molecular formula is C19H22N2O5S. The lowest BCUT2D eigenvalue weighted by Gasteiger charge is -2.27. The summed E-state index contributed by atoms with van der Waals surface area (Å²) in [4.78, 5) is 12.3. The van der Waals surface area contributed by atoms with Crippen LogP contribution in [0.2, 0.25) is 0 Å². The Balaban J connectivity index is 1.54. The molecule has 27 heavy (non-hydrogen) atoms. The van der Waals surface area contributed by atoms with E-state index in [1.165, 1.54) is 0 Å². The number of fused-ring (bicyclic) bond motifs is 1. The maximum Gasteiger partial charge on any atom is 0.235 e. The van der Waals surface area contributed by atoms with E-state index >= 15 is 0 Å². The van der Waals surface area contributed by atoms with Gasteiger partial charge in [-0.05, 0) is 17.7 Å². The summed E-state index contributed by atoms with van der Waals surface area (Å²) in [6.45, 7) is 0.439. The number of rotatable bonds is 7. The van der Waals surface area contributed by atoms with Gasteiger partial charge in [-0.2, -0.15) is 4.31 Å². The van der Waals surface area contributed by atoms with Crippen molar-refractivity contribution in [3.05, 3.63) is 60.2 Å². The number of nitrogens with zero attached hydrogens (tertiary/aromatic N) is 1. The highest BCUT2D eigenvalue weighted by Crippen LogP contribution is 2.30. The van der Waals surface area contributed by atoms with Crippen LogP contribution >= 0.6 is 0 Å². The number of nitrogens with one attached hydrogen (secondary N) is 1. The van der Waals surface area contributed by atoms with Crippen LogP contribution in [0.25, 0.3) is 0 Å². The smallest absolute Gasteiger partial charge is 0.235 e. The van der Waals surface area contributed by atoms with Gasteiger partial charge in [0.2, 0.25) is 15.9 Å². The van der Waals surface area contributed by atoms with Crippen LogP contribution in [0.15, 0.2) is 54.6 Å². The highest BCUT2D eigenvalue weighted by molar-refractivity contribution is 7.88. The van der Waals surface area contributed by atoms with E-state index in [0.717, 1.165) is 16.1 Å². The fourth-order valence-corrected chi connectivity index (χ4v) is 3.42. The minimum absolute atomic E-state index is 0.142. The monoisotopic (exact) mass is 390 g/mol. The molecule has 8 heteroatoms. The van der Waals surface area contributed by atoms with E-state index in [9.17, 15) is 13.2 Å². The van der Waals surface area contributed by atoms with Crippen LogP contribution in [0.5, 0.6) is 11.5 Å². The van der Waals surface area contributed by atoms with Gasteiger partial charge < -0.3 is 14.8 Å². The molecule has 2 aromatic rings. The van der Waals surface area contributed by atoms with Gasteiger partial charge >= 0.3 is 0 Å². The van der Waals surface area contributed by atoms with Crippen LogP contribution in [0.4, 0.5) is 0 Å². The van der Waals surface area contributed by atoms with E-state index < -0.39 is 10.0 Å². The molecule has 1 heterocycles. The first-order valence-corrected chi connectivity index (χ1v) is 10.4. The average molecular weight is 390 g/mol. The zero-order chi connectivity index (χ0) is 19.3. The lowest BCUT2D eigenvalue weighted by Crippen LogP contribution is -2.45.